The van der Waals surface area contributed by atoms with Gasteiger partial charge in [-0.2, -0.15) is 13.2 Å². The van der Waals surface area contributed by atoms with Crippen molar-refractivity contribution >= 4 is 35.0 Å². The van der Waals surface area contributed by atoms with Crippen LogP contribution in [0.5, 0.6) is 0 Å². The van der Waals surface area contributed by atoms with Crippen LogP contribution in [0.25, 0.3) is 0 Å². The number of halogens is 3. The number of benzene rings is 2. The Morgan fingerprint density at radius 2 is 1.81 bits per heavy atom. The summed E-state index contributed by atoms with van der Waals surface area (Å²) >= 11 is 1.51. The monoisotopic (exact) mass is 380 g/mol. The summed E-state index contributed by atoms with van der Waals surface area (Å²) in [5, 5.41) is 2.28. The third-order valence-electron chi connectivity index (χ3n) is 3.84. The van der Waals surface area contributed by atoms with Gasteiger partial charge >= 0.3 is 6.18 Å². The first kappa shape index (κ1) is 18.3. The van der Waals surface area contributed by atoms with E-state index in [-0.39, 0.29) is 24.6 Å². The number of nitrogens with zero attached hydrogens (tertiary/aromatic N) is 1. The molecule has 0 aromatic heterocycles. The molecule has 26 heavy (non-hydrogen) atoms. The summed E-state index contributed by atoms with van der Waals surface area (Å²) < 4.78 is 39.2. The smallest absolute Gasteiger partial charge is 0.324 e. The lowest BCUT2D eigenvalue weighted by Gasteiger charge is -2.22. The SMILES string of the molecule is O=C(CN1C(=O)CCSc2ccccc21)Nc1ccccc1C(F)(F)F. The zero-order chi connectivity index (χ0) is 18.7. The normalized spacial score (nSPS) is 14.6. The molecule has 1 aliphatic heterocycles. The van der Waals surface area contributed by atoms with Gasteiger partial charge in [-0.3, -0.25) is 9.59 Å². The molecule has 0 fully saturated rings. The van der Waals surface area contributed by atoms with E-state index in [1.165, 1.54) is 34.9 Å². The number of rotatable bonds is 3. The molecule has 1 N–H and O–H groups in total. The molecule has 0 bridgehead atoms. The number of anilines is 2. The Morgan fingerprint density at radius 3 is 2.58 bits per heavy atom. The van der Waals surface area contributed by atoms with E-state index >= 15 is 0 Å². The number of amides is 2. The third-order valence-corrected chi connectivity index (χ3v) is 4.90. The number of nitrogens with one attached hydrogen (secondary N) is 1. The first-order valence-electron chi connectivity index (χ1n) is 7.84. The molecule has 136 valence electrons. The van der Waals surface area contributed by atoms with Crippen molar-refractivity contribution in [2.75, 3.05) is 22.5 Å². The van der Waals surface area contributed by atoms with Crippen LogP contribution in [0.4, 0.5) is 24.5 Å². The van der Waals surface area contributed by atoms with Crippen molar-refractivity contribution in [3.05, 3.63) is 54.1 Å². The number of alkyl halides is 3. The van der Waals surface area contributed by atoms with Gasteiger partial charge in [0.25, 0.3) is 0 Å². The van der Waals surface area contributed by atoms with Crippen LogP contribution in [-0.4, -0.2) is 24.1 Å². The van der Waals surface area contributed by atoms with Crippen LogP contribution in [-0.2, 0) is 15.8 Å². The summed E-state index contributed by atoms with van der Waals surface area (Å²) in [4.78, 5) is 26.9. The molecular formula is C18H15F3N2O2S. The highest BCUT2D eigenvalue weighted by molar-refractivity contribution is 7.99. The second-order valence-electron chi connectivity index (χ2n) is 5.64. The molecule has 4 nitrogen and oxygen atoms in total. The van der Waals surface area contributed by atoms with Crippen molar-refractivity contribution < 1.29 is 22.8 Å². The molecule has 0 atom stereocenters. The lowest BCUT2D eigenvalue weighted by molar-refractivity contribution is -0.137. The van der Waals surface area contributed by atoms with Crippen LogP contribution in [0.2, 0.25) is 0 Å². The first-order chi connectivity index (χ1) is 12.4. The summed E-state index contributed by atoms with van der Waals surface area (Å²) in [7, 11) is 0. The van der Waals surface area contributed by atoms with Crippen molar-refractivity contribution in [1.82, 2.24) is 0 Å². The number of para-hydroxylation sites is 2. The Bertz CT molecular complexity index is 839. The minimum Gasteiger partial charge on any atom is -0.324 e. The Labute approximate surface area is 152 Å². The summed E-state index contributed by atoms with van der Waals surface area (Å²) in [6, 6.07) is 11.9. The standard InChI is InChI=1S/C18H15F3N2O2S/c19-18(20,21)12-5-1-2-6-13(12)22-16(24)11-23-14-7-3-4-8-15(14)26-10-9-17(23)25/h1-8H,9-11H2,(H,22,24). The molecule has 2 amide bonds. The van der Waals surface area contributed by atoms with E-state index in [2.05, 4.69) is 5.32 Å². The topological polar surface area (TPSA) is 49.4 Å². The van der Waals surface area contributed by atoms with Crippen LogP contribution in [0.1, 0.15) is 12.0 Å². The molecule has 0 radical (unpaired) electrons. The lowest BCUT2D eigenvalue weighted by atomic mass is 10.1. The maximum Gasteiger partial charge on any atom is 0.418 e. The maximum atomic E-state index is 13.1. The average molecular weight is 380 g/mol. The van der Waals surface area contributed by atoms with E-state index in [0.717, 1.165) is 11.0 Å². The zero-order valence-corrected chi connectivity index (χ0v) is 14.4. The highest BCUT2D eigenvalue weighted by Crippen LogP contribution is 2.35. The highest BCUT2D eigenvalue weighted by atomic mass is 32.2. The van der Waals surface area contributed by atoms with Gasteiger partial charge < -0.3 is 10.2 Å². The van der Waals surface area contributed by atoms with Crippen LogP contribution < -0.4 is 10.2 Å². The largest absolute Gasteiger partial charge is 0.418 e. The number of carbonyl (C=O) groups excluding carboxylic acids is 2. The number of thioether (sulfide) groups is 1. The van der Waals surface area contributed by atoms with Gasteiger partial charge in [0.2, 0.25) is 11.8 Å². The Balaban J connectivity index is 1.82. The summed E-state index contributed by atoms with van der Waals surface area (Å²) in [6.07, 6.45) is -4.32. The van der Waals surface area contributed by atoms with Gasteiger partial charge in [0.15, 0.2) is 0 Å². The molecule has 2 aromatic carbocycles. The van der Waals surface area contributed by atoms with Crippen molar-refractivity contribution in [3.8, 4) is 0 Å². The summed E-state index contributed by atoms with van der Waals surface area (Å²) in [5.74, 6) is -0.330. The number of hydrogen-bond acceptors (Lipinski definition) is 3. The predicted molar refractivity (Wildman–Crippen MR) is 94.2 cm³/mol. The number of hydrogen-bond donors (Lipinski definition) is 1. The Kier molecular flexibility index (Phi) is 5.22. The molecule has 1 aliphatic rings. The molecule has 0 saturated carbocycles. The van der Waals surface area contributed by atoms with Gasteiger partial charge in [-0.25, -0.2) is 0 Å². The third kappa shape index (κ3) is 4.01. The van der Waals surface area contributed by atoms with Gasteiger partial charge in [-0.15, -0.1) is 11.8 Å². The van der Waals surface area contributed by atoms with E-state index in [9.17, 15) is 22.8 Å². The molecule has 8 heteroatoms. The van der Waals surface area contributed by atoms with E-state index in [0.29, 0.717) is 11.4 Å². The average Bonchev–Trinajstić information content (AvgIpc) is 2.74. The van der Waals surface area contributed by atoms with Crippen LogP contribution >= 0.6 is 11.8 Å². The van der Waals surface area contributed by atoms with Gasteiger partial charge in [0.1, 0.15) is 6.54 Å². The van der Waals surface area contributed by atoms with E-state index in [1.54, 1.807) is 12.1 Å². The molecular weight excluding hydrogens is 365 g/mol. The number of fused-ring (bicyclic) bond motifs is 1. The van der Waals surface area contributed by atoms with Gasteiger partial charge in [0.05, 0.1) is 16.9 Å². The summed E-state index contributed by atoms with van der Waals surface area (Å²) in [5.41, 5.74) is -0.652. The van der Waals surface area contributed by atoms with Crippen LogP contribution in [0, 0.1) is 0 Å². The van der Waals surface area contributed by atoms with Gasteiger partial charge in [-0.05, 0) is 24.3 Å². The minimum absolute atomic E-state index is 0.235. The molecule has 0 spiro atoms. The number of carbonyl (C=O) groups is 2. The quantitative estimate of drug-likeness (QED) is 0.869. The fraction of sp³-hybridized carbons (Fsp3) is 0.222. The fourth-order valence-electron chi connectivity index (χ4n) is 2.67. The van der Waals surface area contributed by atoms with E-state index in [1.807, 2.05) is 12.1 Å². The van der Waals surface area contributed by atoms with E-state index < -0.39 is 17.6 Å². The summed E-state index contributed by atoms with van der Waals surface area (Å²) in [6.45, 7) is -0.345. The van der Waals surface area contributed by atoms with Gasteiger partial charge in [-0.1, -0.05) is 24.3 Å². The predicted octanol–water partition coefficient (Wildman–Crippen LogP) is 4.17. The first-order valence-corrected chi connectivity index (χ1v) is 8.83. The second-order valence-corrected chi connectivity index (χ2v) is 6.77. The zero-order valence-electron chi connectivity index (χ0n) is 13.5. The van der Waals surface area contributed by atoms with Crippen LogP contribution in [0.15, 0.2) is 53.4 Å². The van der Waals surface area contributed by atoms with Crippen molar-refractivity contribution in [3.63, 3.8) is 0 Å². The Morgan fingerprint density at radius 1 is 1.12 bits per heavy atom. The second kappa shape index (κ2) is 7.41. The molecule has 3 rings (SSSR count). The highest BCUT2D eigenvalue weighted by Gasteiger charge is 2.34. The molecule has 0 aliphatic carbocycles. The van der Waals surface area contributed by atoms with Gasteiger partial charge in [0, 0.05) is 17.1 Å². The Hall–Kier alpha value is -2.48. The minimum atomic E-state index is -4.58. The molecule has 1 heterocycles. The van der Waals surface area contributed by atoms with Crippen molar-refractivity contribution in [1.29, 1.82) is 0 Å². The van der Waals surface area contributed by atoms with Crippen LogP contribution in [0.3, 0.4) is 0 Å². The van der Waals surface area contributed by atoms with E-state index in [4.69, 9.17) is 0 Å². The molecule has 0 saturated heterocycles. The maximum absolute atomic E-state index is 13.1. The van der Waals surface area contributed by atoms with Crippen molar-refractivity contribution in [2.24, 2.45) is 0 Å². The molecule has 0 unspecified atom stereocenters. The van der Waals surface area contributed by atoms with Crippen molar-refractivity contribution in [2.45, 2.75) is 17.5 Å². The lowest BCUT2D eigenvalue weighted by Crippen LogP contribution is -2.38. The fourth-order valence-corrected chi connectivity index (χ4v) is 3.66. The molecule has 2 aromatic rings.